The monoisotopic (exact) mass is 284 g/mol. The molecule has 1 aromatic heterocycles. The van der Waals surface area contributed by atoms with E-state index in [-0.39, 0.29) is 6.61 Å². The van der Waals surface area contributed by atoms with Crippen LogP contribution in [0.3, 0.4) is 0 Å². The normalized spacial score (nSPS) is 11.0. The molecule has 21 heavy (non-hydrogen) atoms. The average Bonchev–Trinajstić information content (AvgIpc) is 2.54. The van der Waals surface area contributed by atoms with Gasteiger partial charge in [-0.25, -0.2) is 4.57 Å². The Balaban J connectivity index is 2.16. The van der Waals surface area contributed by atoms with Gasteiger partial charge in [0.25, 0.3) is 0 Å². The molecule has 0 amide bonds. The van der Waals surface area contributed by atoms with Gasteiger partial charge in [-0.3, -0.25) is 0 Å². The number of methoxy groups -OCH3 is 1. The first kappa shape index (κ1) is 15.3. The molecule has 0 radical (unpaired) electrons. The Labute approximate surface area is 126 Å². The number of nitrogens with zero attached hydrogens (tertiary/aromatic N) is 1. The minimum absolute atomic E-state index is 0.00215. The number of hydrogen-bond acceptors (Lipinski definition) is 2. The SMILES string of the molecule is CCC[n+]1ccc(C=Cc2ccc(OC)cc2CO)cc1. The van der Waals surface area contributed by atoms with Crippen LogP contribution in [-0.2, 0) is 13.2 Å². The largest absolute Gasteiger partial charge is 0.497 e. The van der Waals surface area contributed by atoms with Crippen molar-refractivity contribution in [1.82, 2.24) is 0 Å². The fourth-order valence-electron chi connectivity index (χ4n) is 2.18. The van der Waals surface area contributed by atoms with E-state index < -0.39 is 0 Å². The summed E-state index contributed by atoms with van der Waals surface area (Å²) in [5.41, 5.74) is 3.01. The van der Waals surface area contributed by atoms with Crippen LogP contribution in [0.15, 0.2) is 42.7 Å². The van der Waals surface area contributed by atoms with Gasteiger partial charge in [-0.2, -0.15) is 0 Å². The summed E-state index contributed by atoms with van der Waals surface area (Å²) in [6.45, 7) is 3.21. The number of aliphatic hydroxyl groups is 1. The highest BCUT2D eigenvalue weighted by Gasteiger charge is 2.01. The molecule has 0 fully saturated rings. The Bertz CT molecular complexity index is 603. The maximum Gasteiger partial charge on any atom is 0.169 e. The fraction of sp³-hybridized carbons (Fsp3) is 0.278. The van der Waals surface area contributed by atoms with E-state index in [1.807, 2.05) is 24.3 Å². The third-order valence-electron chi connectivity index (χ3n) is 3.37. The summed E-state index contributed by atoms with van der Waals surface area (Å²) >= 11 is 0. The second-order valence-electron chi connectivity index (χ2n) is 4.93. The lowest BCUT2D eigenvalue weighted by Gasteiger charge is -2.06. The van der Waals surface area contributed by atoms with E-state index in [1.54, 1.807) is 7.11 Å². The van der Waals surface area contributed by atoms with Gasteiger partial charge in [-0.1, -0.05) is 25.1 Å². The van der Waals surface area contributed by atoms with Gasteiger partial charge in [-0.05, 0) is 28.8 Å². The number of benzene rings is 1. The van der Waals surface area contributed by atoms with Gasteiger partial charge in [0.2, 0.25) is 0 Å². The second-order valence-corrected chi connectivity index (χ2v) is 4.93. The minimum atomic E-state index is 0.00215. The van der Waals surface area contributed by atoms with Crippen molar-refractivity contribution in [3.8, 4) is 5.75 Å². The standard InChI is InChI=1S/C18H22NO2/c1-3-10-19-11-8-15(9-12-19)4-5-16-6-7-18(21-2)13-17(16)14-20/h4-9,11-13,20H,3,10,14H2,1-2H3/q+1. The molecule has 0 aliphatic carbocycles. The van der Waals surface area contributed by atoms with E-state index >= 15 is 0 Å². The van der Waals surface area contributed by atoms with Crippen LogP contribution in [-0.4, -0.2) is 12.2 Å². The molecule has 2 aromatic rings. The number of ether oxygens (including phenoxy) is 1. The maximum absolute atomic E-state index is 9.44. The Kier molecular flexibility index (Phi) is 5.52. The lowest BCUT2D eigenvalue weighted by Crippen LogP contribution is -2.31. The Hall–Kier alpha value is -2.13. The Morgan fingerprint density at radius 3 is 2.52 bits per heavy atom. The lowest BCUT2D eigenvalue weighted by atomic mass is 10.1. The van der Waals surface area contributed by atoms with Gasteiger partial charge in [0.1, 0.15) is 12.3 Å². The molecule has 0 bridgehead atoms. The zero-order chi connectivity index (χ0) is 15.1. The van der Waals surface area contributed by atoms with Gasteiger partial charge in [0.05, 0.1) is 13.7 Å². The minimum Gasteiger partial charge on any atom is -0.497 e. The molecule has 0 atom stereocenters. The van der Waals surface area contributed by atoms with Gasteiger partial charge >= 0.3 is 0 Å². The van der Waals surface area contributed by atoms with E-state index in [9.17, 15) is 5.11 Å². The van der Waals surface area contributed by atoms with E-state index in [4.69, 9.17) is 4.74 Å². The van der Waals surface area contributed by atoms with Crippen molar-refractivity contribution >= 4 is 12.2 Å². The molecule has 3 heteroatoms. The topological polar surface area (TPSA) is 33.3 Å². The zero-order valence-electron chi connectivity index (χ0n) is 12.6. The highest BCUT2D eigenvalue weighted by atomic mass is 16.5. The molecular formula is C18H22NO2+. The van der Waals surface area contributed by atoms with Crippen LogP contribution in [0.2, 0.25) is 0 Å². The Morgan fingerprint density at radius 1 is 1.14 bits per heavy atom. The van der Waals surface area contributed by atoms with Crippen LogP contribution >= 0.6 is 0 Å². The lowest BCUT2D eigenvalue weighted by molar-refractivity contribution is -0.697. The van der Waals surface area contributed by atoms with Crippen LogP contribution in [0, 0.1) is 0 Å². The van der Waals surface area contributed by atoms with E-state index in [2.05, 4.69) is 42.1 Å². The number of aromatic nitrogens is 1. The number of rotatable bonds is 6. The van der Waals surface area contributed by atoms with Crippen LogP contribution in [0.1, 0.15) is 30.0 Å². The van der Waals surface area contributed by atoms with Crippen LogP contribution < -0.4 is 9.30 Å². The van der Waals surface area contributed by atoms with Crippen molar-refractivity contribution in [3.05, 3.63) is 59.4 Å². The highest BCUT2D eigenvalue weighted by molar-refractivity contribution is 5.71. The molecule has 0 spiro atoms. The maximum atomic E-state index is 9.44. The smallest absolute Gasteiger partial charge is 0.169 e. The van der Waals surface area contributed by atoms with Crippen molar-refractivity contribution < 1.29 is 14.4 Å². The zero-order valence-corrected chi connectivity index (χ0v) is 12.6. The fourth-order valence-corrected chi connectivity index (χ4v) is 2.18. The van der Waals surface area contributed by atoms with E-state index in [0.29, 0.717) is 0 Å². The summed E-state index contributed by atoms with van der Waals surface area (Å²) in [5, 5.41) is 9.44. The molecule has 0 unspecified atom stereocenters. The molecule has 3 nitrogen and oxygen atoms in total. The third kappa shape index (κ3) is 4.17. The number of aliphatic hydroxyl groups excluding tert-OH is 1. The molecule has 0 saturated carbocycles. The van der Waals surface area contributed by atoms with Crippen molar-refractivity contribution in [1.29, 1.82) is 0 Å². The van der Waals surface area contributed by atoms with E-state index in [1.165, 1.54) is 0 Å². The summed E-state index contributed by atoms with van der Waals surface area (Å²) < 4.78 is 7.34. The molecule has 0 aliphatic heterocycles. The predicted molar refractivity (Wildman–Crippen MR) is 84.8 cm³/mol. The van der Waals surface area contributed by atoms with Crippen LogP contribution in [0.5, 0.6) is 5.75 Å². The quantitative estimate of drug-likeness (QED) is 0.827. The first-order chi connectivity index (χ1) is 10.3. The van der Waals surface area contributed by atoms with Gasteiger partial charge in [0.15, 0.2) is 12.4 Å². The van der Waals surface area contributed by atoms with Crippen molar-refractivity contribution in [2.75, 3.05) is 7.11 Å². The molecule has 0 saturated heterocycles. The molecule has 2 rings (SSSR count). The second kappa shape index (κ2) is 7.60. The van der Waals surface area contributed by atoms with Crippen molar-refractivity contribution in [2.24, 2.45) is 0 Å². The summed E-state index contributed by atoms with van der Waals surface area (Å²) in [7, 11) is 1.63. The molecule has 1 N–H and O–H groups in total. The van der Waals surface area contributed by atoms with E-state index in [0.717, 1.165) is 35.4 Å². The predicted octanol–water partition coefficient (Wildman–Crippen LogP) is 3.06. The van der Waals surface area contributed by atoms with Crippen LogP contribution in [0.25, 0.3) is 12.2 Å². The molecule has 110 valence electrons. The summed E-state index contributed by atoms with van der Waals surface area (Å²) in [5.74, 6) is 0.761. The first-order valence-corrected chi connectivity index (χ1v) is 7.21. The number of hydrogen-bond donors (Lipinski definition) is 1. The van der Waals surface area contributed by atoms with Gasteiger partial charge in [0, 0.05) is 18.6 Å². The molecule has 1 aromatic carbocycles. The van der Waals surface area contributed by atoms with Gasteiger partial charge < -0.3 is 9.84 Å². The highest BCUT2D eigenvalue weighted by Crippen LogP contribution is 2.19. The first-order valence-electron chi connectivity index (χ1n) is 7.21. The Morgan fingerprint density at radius 2 is 1.90 bits per heavy atom. The number of aryl methyl sites for hydroxylation is 1. The van der Waals surface area contributed by atoms with Gasteiger partial charge in [-0.15, -0.1) is 0 Å². The average molecular weight is 284 g/mol. The van der Waals surface area contributed by atoms with Crippen molar-refractivity contribution in [3.63, 3.8) is 0 Å². The molecular weight excluding hydrogens is 262 g/mol. The third-order valence-corrected chi connectivity index (χ3v) is 3.37. The summed E-state index contributed by atoms with van der Waals surface area (Å²) in [4.78, 5) is 0. The summed E-state index contributed by atoms with van der Waals surface area (Å²) in [6.07, 6.45) is 9.38. The molecule has 1 heterocycles. The van der Waals surface area contributed by atoms with Crippen LogP contribution in [0.4, 0.5) is 0 Å². The van der Waals surface area contributed by atoms with Crippen molar-refractivity contribution in [2.45, 2.75) is 26.5 Å². The summed E-state index contributed by atoms with van der Waals surface area (Å²) in [6, 6.07) is 9.91. The number of pyridine rings is 1. The molecule has 0 aliphatic rings.